The number of benzene rings is 1. The first kappa shape index (κ1) is 21.1. The number of halogens is 3. The highest BCUT2D eigenvalue weighted by Gasteiger charge is 2.59. The van der Waals surface area contributed by atoms with Crippen molar-refractivity contribution >= 4 is 11.8 Å². The molecule has 7 heteroatoms. The number of likely N-dealkylation sites (tertiary alicyclic amines) is 1. The topological polar surface area (TPSA) is 21.1 Å². The van der Waals surface area contributed by atoms with Gasteiger partial charge in [-0.25, -0.2) is 0 Å². The van der Waals surface area contributed by atoms with Crippen LogP contribution >= 0.6 is 11.8 Å². The van der Waals surface area contributed by atoms with Gasteiger partial charge in [0.15, 0.2) is 0 Å². The molecule has 2 aromatic rings. The molecule has 2 saturated carbocycles. The highest BCUT2D eigenvalue weighted by Crippen LogP contribution is 2.65. The monoisotopic (exact) mass is 461 g/mol. The van der Waals surface area contributed by atoms with Crippen molar-refractivity contribution in [3.05, 3.63) is 41.6 Å². The summed E-state index contributed by atoms with van der Waals surface area (Å²) >= 11 is 2.10. The molecule has 2 atom stereocenters. The first-order valence-electron chi connectivity index (χ1n) is 11.8. The molecule has 3 nitrogen and oxygen atoms in total. The lowest BCUT2D eigenvalue weighted by molar-refractivity contribution is -0.137. The number of aromatic nitrogens is 2. The van der Waals surface area contributed by atoms with Crippen LogP contribution in [0.1, 0.15) is 56.3 Å². The Labute approximate surface area is 191 Å². The molecular formula is C25H30F3N3S. The molecule has 1 aromatic carbocycles. The normalized spacial score (nSPS) is 31.3. The van der Waals surface area contributed by atoms with Crippen molar-refractivity contribution in [3.8, 4) is 11.3 Å². The lowest BCUT2D eigenvalue weighted by Gasteiger charge is -2.38. The zero-order chi connectivity index (χ0) is 22.3. The van der Waals surface area contributed by atoms with Gasteiger partial charge in [0, 0.05) is 52.7 Å². The molecule has 32 heavy (non-hydrogen) atoms. The molecule has 2 aliphatic heterocycles. The van der Waals surface area contributed by atoms with Crippen molar-refractivity contribution in [2.24, 2.45) is 17.3 Å². The summed E-state index contributed by atoms with van der Waals surface area (Å²) in [5.74, 6) is 4.74. The van der Waals surface area contributed by atoms with Crippen molar-refractivity contribution in [1.29, 1.82) is 0 Å². The molecule has 4 fully saturated rings. The van der Waals surface area contributed by atoms with E-state index in [1.165, 1.54) is 49.6 Å². The molecule has 1 aromatic heterocycles. The van der Waals surface area contributed by atoms with E-state index in [-0.39, 0.29) is 6.04 Å². The minimum Gasteiger partial charge on any atom is -0.300 e. The Morgan fingerprint density at radius 2 is 1.78 bits per heavy atom. The van der Waals surface area contributed by atoms with Crippen molar-refractivity contribution < 1.29 is 13.2 Å². The summed E-state index contributed by atoms with van der Waals surface area (Å²) in [5, 5.41) is 4.82. The fourth-order valence-corrected chi connectivity index (χ4v) is 7.75. The summed E-state index contributed by atoms with van der Waals surface area (Å²) in [7, 11) is 0. The van der Waals surface area contributed by atoms with Crippen LogP contribution in [0.2, 0.25) is 0 Å². The second kappa shape index (κ2) is 7.26. The highest BCUT2D eigenvalue weighted by atomic mass is 32.2. The minimum absolute atomic E-state index is 0.236. The number of rotatable bonds is 4. The van der Waals surface area contributed by atoms with Crippen LogP contribution in [0.5, 0.6) is 0 Å². The third kappa shape index (κ3) is 3.42. The average molecular weight is 462 g/mol. The first-order chi connectivity index (χ1) is 15.2. The minimum atomic E-state index is -4.31. The smallest absolute Gasteiger partial charge is 0.300 e. The van der Waals surface area contributed by atoms with Crippen LogP contribution in [0.3, 0.4) is 0 Å². The van der Waals surface area contributed by atoms with Crippen molar-refractivity contribution in [1.82, 2.24) is 14.7 Å². The molecule has 2 unspecified atom stereocenters. The van der Waals surface area contributed by atoms with E-state index in [1.807, 2.05) is 0 Å². The van der Waals surface area contributed by atoms with E-state index in [9.17, 15) is 13.2 Å². The molecule has 3 heterocycles. The number of hydrogen-bond acceptors (Lipinski definition) is 3. The molecule has 0 amide bonds. The van der Waals surface area contributed by atoms with Gasteiger partial charge in [0.25, 0.3) is 0 Å². The molecule has 4 aliphatic rings. The Bertz CT molecular complexity index is 996. The summed E-state index contributed by atoms with van der Waals surface area (Å²) < 4.78 is 40.9. The molecule has 2 saturated heterocycles. The van der Waals surface area contributed by atoms with E-state index in [2.05, 4.69) is 41.3 Å². The number of nitrogens with zero attached hydrogens (tertiary/aromatic N) is 3. The van der Waals surface area contributed by atoms with Crippen molar-refractivity contribution in [2.45, 2.75) is 57.3 Å². The number of fused-ring (bicyclic) bond motifs is 1. The summed E-state index contributed by atoms with van der Waals surface area (Å²) in [4.78, 5) is 2.77. The largest absolute Gasteiger partial charge is 0.416 e. The lowest BCUT2D eigenvalue weighted by atomic mass is 9.91. The van der Waals surface area contributed by atoms with Crippen molar-refractivity contribution in [2.75, 3.05) is 24.6 Å². The van der Waals surface area contributed by atoms with Crippen LogP contribution < -0.4 is 0 Å². The van der Waals surface area contributed by atoms with Gasteiger partial charge in [0.2, 0.25) is 0 Å². The van der Waals surface area contributed by atoms with Gasteiger partial charge in [-0.2, -0.15) is 30.0 Å². The van der Waals surface area contributed by atoms with E-state index < -0.39 is 11.7 Å². The zero-order valence-electron chi connectivity index (χ0n) is 18.6. The molecule has 1 spiro atoms. The maximum Gasteiger partial charge on any atom is 0.416 e. The lowest BCUT2D eigenvalue weighted by Crippen LogP contribution is -2.41. The molecule has 0 N–H and O–H groups in total. The predicted octanol–water partition coefficient (Wildman–Crippen LogP) is 6.08. The van der Waals surface area contributed by atoms with Crippen molar-refractivity contribution in [3.63, 3.8) is 0 Å². The standard InChI is InChI=1S/C25H30F3N3S/c1-15(2)31-22(11-21(29-31)16-3-5-17(6-4-16)25(26,27)28)23-19-9-18(10-20(19)23)30-8-7-24(12-30)13-32-14-24/h3-6,11,15,18-20,23H,7-10,12-14H2,1-2H3. The fourth-order valence-electron chi connectivity index (χ4n) is 6.50. The quantitative estimate of drug-likeness (QED) is 0.551. The van der Waals surface area contributed by atoms with E-state index in [0.717, 1.165) is 41.3 Å². The Morgan fingerprint density at radius 1 is 1.09 bits per heavy atom. The van der Waals surface area contributed by atoms with Crippen LogP contribution in [0.15, 0.2) is 30.3 Å². The van der Waals surface area contributed by atoms with E-state index >= 15 is 0 Å². The van der Waals surface area contributed by atoms with Crippen LogP contribution in [-0.4, -0.2) is 45.3 Å². The van der Waals surface area contributed by atoms with Gasteiger partial charge in [0.05, 0.1) is 11.3 Å². The summed E-state index contributed by atoms with van der Waals surface area (Å²) in [6.07, 6.45) is -0.351. The third-order valence-electron chi connectivity index (χ3n) is 8.32. The second-order valence-corrected chi connectivity index (χ2v) is 11.7. The Balaban J connectivity index is 1.18. The second-order valence-electron chi connectivity index (χ2n) is 10.8. The molecule has 0 radical (unpaired) electrons. The van der Waals surface area contributed by atoms with Gasteiger partial charge in [-0.1, -0.05) is 12.1 Å². The Hall–Kier alpha value is -1.47. The summed E-state index contributed by atoms with van der Waals surface area (Å²) in [6, 6.07) is 8.52. The van der Waals surface area contributed by atoms with Crippen LogP contribution in [0, 0.1) is 17.3 Å². The van der Waals surface area contributed by atoms with Gasteiger partial charge in [-0.3, -0.25) is 9.58 Å². The highest BCUT2D eigenvalue weighted by molar-refractivity contribution is 8.00. The Kier molecular flexibility index (Phi) is 4.79. The predicted molar refractivity (Wildman–Crippen MR) is 122 cm³/mol. The van der Waals surface area contributed by atoms with Crippen LogP contribution in [-0.2, 0) is 6.18 Å². The van der Waals surface area contributed by atoms with Gasteiger partial charge in [-0.15, -0.1) is 0 Å². The summed E-state index contributed by atoms with van der Waals surface area (Å²) in [6.45, 7) is 6.84. The van der Waals surface area contributed by atoms with E-state index in [1.54, 1.807) is 12.1 Å². The number of hydrogen-bond donors (Lipinski definition) is 0. The SMILES string of the molecule is CC(C)n1nc(-c2ccc(C(F)(F)F)cc2)cc1C1C2CC(N3CCC4(CSC4)C3)CC21. The zero-order valence-corrected chi connectivity index (χ0v) is 19.4. The maximum absolute atomic E-state index is 12.9. The van der Waals surface area contributed by atoms with Gasteiger partial charge < -0.3 is 0 Å². The number of alkyl halides is 3. The number of thioether (sulfide) groups is 1. The molecule has 6 rings (SSSR count). The first-order valence-corrected chi connectivity index (χ1v) is 13.0. The Morgan fingerprint density at radius 3 is 2.31 bits per heavy atom. The van der Waals surface area contributed by atoms with E-state index in [4.69, 9.17) is 5.10 Å². The van der Waals surface area contributed by atoms with Gasteiger partial charge >= 0.3 is 6.18 Å². The fraction of sp³-hybridized carbons (Fsp3) is 0.640. The molecule has 172 valence electrons. The molecular weight excluding hydrogens is 431 g/mol. The summed E-state index contributed by atoms with van der Waals surface area (Å²) in [5.41, 5.74) is 2.83. The third-order valence-corrected chi connectivity index (χ3v) is 9.96. The average Bonchev–Trinajstić information content (AvgIpc) is 3.20. The van der Waals surface area contributed by atoms with E-state index in [0.29, 0.717) is 11.3 Å². The van der Waals surface area contributed by atoms with Gasteiger partial charge in [-0.05, 0) is 69.7 Å². The maximum atomic E-state index is 12.9. The van der Waals surface area contributed by atoms with Gasteiger partial charge in [0.1, 0.15) is 0 Å². The van der Waals surface area contributed by atoms with Crippen LogP contribution in [0.25, 0.3) is 11.3 Å². The molecule has 2 aliphatic carbocycles. The van der Waals surface area contributed by atoms with Crippen LogP contribution in [0.4, 0.5) is 13.2 Å². The molecule has 0 bridgehead atoms.